The van der Waals surface area contributed by atoms with Gasteiger partial charge in [-0.1, -0.05) is 5.92 Å². The van der Waals surface area contributed by atoms with Crippen molar-refractivity contribution >= 4 is 12.1 Å². The summed E-state index contributed by atoms with van der Waals surface area (Å²) in [6.07, 6.45) is 5.14. The van der Waals surface area contributed by atoms with Gasteiger partial charge in [-0.2, -0.15) is 0 Å². The molecule has 1 aliphatic heterocycles. The van der Waals surface area contributed by atoms with Gasteiger partial charge in [-0.05, 0) is 48.6 Å². The lowest BCUT2D eigenvalue weighted by molar-refractivity contribution is -0.139. The zero-order valence-corrected chi connectivity index (χ0v) is 16.4. The van der Waals surface area contributed by atoms with E-state index >= 15 is 0 Å². The van der Waals surface area contributed by atoms with E-state index in [9.17, 15) is 9.59 Å². The van der Waals surface area contributed by atoms with Crippen molar-refractivity contribution in [3.8, 4) is 12.3 Å². The van der Waals surface area contributed by atoms with Crippen LogP contribution in [0.3, 0.4) is 0 Å². The Morgan fingerprint density at radius 2 is 1.88 bits per heavy atom. The van der Waals surface area contributed by atoms with Gasteiger partial charge in [0, 0.05) is 24.7 Å². The second-order valence-corrected chi connectivity index (χ2v) is 7.32. The third-order valence-electron chi connectivity index (χ3n) is 4.17. The summed E-state index contributed by atoms with van der Waals surface area (Å²) in [6, 6.07) is -0.298. The van der Waals surface area contributed by atoms with Crippen LogP contribution < -0.4 is 0 Å². The summed E-state index contributed by atoms with van der Waals surface area (Å²) in [5.41, 5.74) is 0.369. The average molecular weight is 350 g/mol. The van der Waals surface area contributed by atoms with E-state index < -0.39 is 11.6 Å². The molecule has 1 aliphatic rings. The molecule has 1 fully saturated rings. The van der Waals surface area contributed by atoms with Gasteiger partial charge in [-0.15, -0.1) is 6.42 Å². The standard InChI is InChI=1S/C19H30N2O4/c1-9-13(3)16(17(22)24-10-2)15-12-21(11-14(4)20(15)8)18(23)25-19(5,6)7/h1,14-15H,10-12H2,2-8H3/b16-13-. The molecule has 0 aromatic rings. The molecule has 0 aromatic carbocycles. The molecule has 0 saturated carbocycles. The summed E-state index contributed by atoms with van der Waals surface area (Å²) in [4.78, 5) is 28.6. The highest BCUT2D eigenvalue weighted by Gasteiger charge is 2.38. The Morgan fingerprint density at radius 3 is 2.36 bits per heavy atom. The number of esters is 1. The zero-order valence-electron chi connectivity index (χ0n) is 16.4. The molecule has 0 radical (unpaired) electrons. The van der Waals surface area contributed by atoms with Gasteiger partial charge < -0.3 is 14.4 Å². The van der Waals surface area contributed by atoms with E-state index in [0.29, 0.717) is 24.2 Å². The van der Waals surface area contributed by atoms with Crippen LogP contribution in [0.5, 0.6) is 0 Å². The highest BCUT2D eigenvalue weighted by atomic mass is 16.6. The molecule has 1 heterocycles. The number of ether oxygens (including phenoxy) is 2. The lowest BCUT2D eigenvalue weighted by atomic mass is 9.96. The molecule has 140 valence electrons. The van der Waals surface area contributed by atoms with Gasteiger partial charge in [0.25, 0.3) is 0 Å². The van der Waals surface area contributed by atoms with Crippen LogP contribution in [0.2, 0.25) is 0 Å². The summed E-state index contributed by atoms with van der Waals surface area (Å²) in [5.74, 6) is 2.10. The summed E-state index contributed by atoms with van der Waals surface area (Å²) in [5, 5.41) is 0. The van der Waals surface area contributed by atoms with Crippen molar-refractivity contribution in [1.82, 2.24) is 9.80 Å². The summed E-state index contributed by atoms with van der Waals surface area (Å²) in [6.45, 7) is 12.1. The fourth-order valence-electron chi connectivity index (χ4n) is 2.76. The molecule has 6 heteroatoms. The minimum absolute atomic E-state index is 0.0428. The minimum atomic E-state index is -0.576. The van der Waals surface area contributed by atoms with Crippen molar-refractivity contribution < 1.29 is 19.1 Å². The van der Waals surface area contributed by atoms with Crippen molar-refractivity contribution in [1.29, 1.82) is 0 Å². The molecule has 1 amide bonds. The smallest absolute Gasteiger partial charge is 0.410 e. The van der Waals surface area contributed by atoms with E-state index in [1.54, 1.807) is 18.7 Å². The summed E-state index contributed by atoms with van der Waals surface area (Å²) < 4.78 is 10.7. The van der Waals surface area contributed by atoms with E-state index in [-0.39, 0.29) is 24.8 Å². The minimum Gasteiger partial charge on any atom is -0.463 e. The molecule has 2 unspecified atom stereocenters. The maximum atomic E-state index is 12.5. The SMILES string of the molecule is C#C/C(C)=C(\C(=O)OCC)C1CN(C(=O)OC(C)(C)C)CC(C)N1C. The molecule has 1 rings (SSSR count). The number of rotatable bonds is 3. The second kappa shape index (κ2) is 8.39. The predicted molar refractivity (Wildman–Crippen MR) is 97.0 cm³/mol. The highest BCUT2D eigenvalue weighted by Crippen LogP contribution is 2.24. The highest BCUT2D eigenvalue weighted by molar-refractivity contribution is 5.92. The van der Waals surface area contributed by atoms with Crippen molar-refractivity contribution in [2.45, 2.75) is 59.2 Å². The Hall–Kier alpha value is -2.00. The topological polar surface area (TPSA) is 59.1 Å². The van der Waals surface area contributed by atoms with Crippen LogP contribution in [0.15, 0.2) is 11.1 Å². The molecule has 0 aliphatic carbocycles. The molecule has 6 nitrogen and oxygen atoms in total. The van der Waals surface area contributed by atoms with Crippen molar-refractivity contribution in [2.75, 3.05) is 26.7 Å². The van der Waals surface area contributed by atoms with Gasteiger partial charge in [0.15, 0.2) is 0 Å². The Balaban J connectivity index is 3.16. The van der Waals surface area contributed by atoms with Crippen LogP contribution in [0.4, 0.5) is 4.79 Å². The first kappa shape index (κ1) is 21.0. The molecule has 0 aromatic heterocycles. The van der Waals surface area contributed by atoms with Gasteiger partial charge >= 0.3 is 12.1 Å². The van der Waals surface area contributed by atoms with Crippen molar-refractivity contribution in [3.05, 3.63) is 11.1 Å². The molecule has 0 bridgehead atoms. The zero-order chi connectivity index (χ0) is 19.4. The van der Waals surface area contributed by atoms with Crippen LogP contribution in [-0.2, 0) is 14.3 Å². The van der Waals surface area contributed by atoms with E-state index in [0.717, 1.165) is 0 Å². The second-order valence-electron chi connectivity index (χ2n) is 7.32. The normalized spacial score (nSPS) is 22.7. The lowest BCUT2D eigenvalue weighted by Crippen LogP contribution is -2.59. The average Bonchev–Trinajstić information content (AvgIpc) is 2.49. The fourth-order valence-corrected chi connectivity index (χ4v) is 2.76. The number of terminal acetylenes is 1. The quantitative estimate of drug-likeness (QED) is 0.444. The number of hydrogen-bond donors (Lipinski definition) is 0. The third-order valence-corrected chi connectivity index (χ3v) is 4.17. The van der Waals surface area contributed by atoms with E-state index in [2.05, 4.69) is 5.92 Å². The van der Waals surface area contributed by atoms with E-state index in [1.165, 1.54) is 0 Å². The monoisotopic (exact) mass is 350 g/mol. The first-order chi connectivity index (χ1) is 11.5. The summed E-state index contributed by atoms with van der Waals surface area (Å²) >= 11 is 0. The number of amides is 1. The van der Waals surface area contributed by atoms with Crippen molar-refractivity contribution in [2.24, 2.45) is 0 Å². The molecule has 1 saturated heterocycles. The summed E-state index contributed by atoms with van der Waals surface area (Å²) in [7, 11) is 1.92. The maximum absolute atomic E-state index is 12.5. The first-order valence-electron chi connectivity index (χ1n) is 8.56. The van der Waals surface area contributed by atoms with Crippen LogP contribution in [0.1, 0.15) is 41.5 Å². The van der Waals surface area contributed by atoms with Crippen LogP contribution >= 0.6 is 0 Å². The van der Waals surface area contributed by atoms with E-state index in [1.807, 2.05) is 39.6 Å². The largest absolute Gasteiger partial charge is 0.463 e. The molecule has 25 heavy (non-hydrogen) atoms. The van der Waals surface area contributed by atoms with E-state index in [4.69, 9.17) is 15.9 Å². The number of hydrogen-bond acceptors (Lipinski definition) is 5. The van der Waals surface area contributed by atoms with Gasteiger partial charge in [-0.3, -0.25) is 4.90 Å². The molecule has 0 spiro atoms. The molecular formula is C19H30N2O4. The van der Waals surface area contributed by atoms with Gasteiger partial charge in [-0.25, -0.2) is 9.59 Å². The Labute approximate surface area is 151 Å². The van der Waals surface area contributed by atoms with Gasteiger partial charge in [0.2, 0.25) is 0 Å². The van der Waals surface area contributed by atoms with Crippen molar-refractivity contribution in [3.63, 3.8) is 0 Å². The Morgan fingerprint density at radius 1 is 1.28 bits per heavy atom. The molecule has 0 N–H and O–H groups in total. The lowest BCUT2D eigenvalue weighted by Gasteiger charge is -2.44. The Kier molecular flexibility index (Phi) is 7.06. The first-order valence-corrected chi connectivity index (χ1v) is 8.56. The maximum Gasteiger partial charge on any atom is 0.410 e. The number of nitrogens with zero attached hydrogens (tertiary/aromatic N) is 2. The van der Waals surface area contributed by atoms with Crippen LogP contribution in [0, 0.1) is 12.3 Å². The van der Waals surface area contributed by atoms with Crippen LogP contribution in [-0.4, -0.2) is 66.3 Å². The third kappa shape index (κ3) is 5.50. The number of piperazine rings is 1. The number of allylic oxidation sites excluding steroid dienone is 1. The Bertz CT molecular complexity index is 583. The predicted octanol–water partition coefficient (Wildman–Crippen LogP) is 2.44. The fraction of sp³-hybridized carbons (Fsp3) is 0.684. The number of carbonyl (C=O) groups excluding carboxylic acids is 2. The number of carbonyl (C=O) groups is 2. The molecular weight excluding hydrogens is 320 g/mol. The number of likely N-dealkylation sites (N-methyl/N-ethyl adjacent to an activating group) is 1. The van der Waals surface area contributed by atoms with Gasteiger partial charge in [0.05, 0.1) is 18.2 Å². The van der Waals surface area contributed by atoms with Crippen LogP contribution in [0.25, 0.3) is 0 Å². The molecule has 2 atom stereocenters. The van der Waals surface area contributed by atoms with Gasteiger partial charge in [0.1, 0.15) is 5.60 Å².